The van der Waals surface area contributed by atoms with Crippen molar-refractivity contribution in [2.24, 2.45) is 4.99 Å². The third-order valence-corrected chi connectivity index (χ3v) is 3.56. The Kier molecular flexibility index (Phi) is 4.69. The number of hydrogen-bond donors (Lipinski definition) is 0. The van der Waals surface area contributed by atoms with E-state index in [4.69, 9.17) is 23.2 Å². The van der Waals surface area contributed by atoms with Gasteiger partial charge in [0.15, 0.2) is 5.16 Å². The van der Waals surface area contributed by atoms with E-state index in [-0.39, 0.29) is 22.7 Å². The third-order valence-electron chi connectivity index (χ3n) is 1.58. The van der Waals surface area contributed by atoms with E-state index in [1.54, 1.807) is 4.31 Å². The molecule has 0 N–H and O–H groups in total. The molecule has 5 nitrogen and oxygen atoms in total. The largest absolute Gasteiger partial charge is 0.341 e. The Labute approximate surface area is 101 Å². The van der Waals surface area contributed by atoms with Crippen LogP contribution in [0.25, 0.3) is 0 Å². The molecule has 0 fully saturated rings. The summed E-state index contributed by atoms with van der Waals surface area (Å²) in [5.41, 5.74) is -0.326. The topological polar surface area (TPSA) is 58.7 Å². The quantitative estimate of drug-likeness (QED) is 0.341. The van der Waals surface area contributed by atoms with Gasteiger partial charge in [0.05, 0.1) is 4.92 Å². The van der Waals surface area contributed by atoms with Crippen molar-refractivity contribution < 1.29 is 4.92 Å². The highest BCUT2D eigenvalue weighted by atomic mass is 35.5. The summed E-state index contributed by atoms with van der Waals surface area (Å²) in [5.74, 6) is 0.828. The Morgan fingerprint density at radius 1 is 1.67 bits per heavy atom. The van der Waals surface area contributed by atoms with Gasteiger partial charge in [-0.2, -0.15) is 0 Å². The van der Waals surface area contributed by atoms with Crippen LogP contribution in [0.4, 0.5) is 0 Å². The minimum Gasteiger partial charge on any atom is -0.279 e. The van der Waals surface area contributed by atoms with Gasteiger partial charge < -0.3 is 0 Å². The normalized spacial score (nSPS) is 16.7. The molecule has 8 heteroatoms. The average molecular weight is 270 g/mol. The summed E-state index contributed by atoms with van der Waals surface area (Å²) < 4.78 is 1.56. The second kappa shape index (κ2) is 5.58. The fraction of sp³-hybridized carbons (Fsp3) is 0.571. The molecule has 1 rings (SSSR count). The lowest BCUT2D eigenvalue weighted by atomic mass is 10.5. The Balaban J connectivity index is 2.86. The molecular weight excluding hydrogens is 261 g/mol. The van der Waals surface area contributed by atoms with E-state index in [0.29, 0.717) is 0 Å². The van der Waals surface area contributed by atoms with Crippen molar-refractivity contribution in [3.63, 3.8) is 0 Å². The van der Waals surface area contributed by atoms with E-state index in [9.17, 15) is 10.1 Å². The molecule has 0 saturated carbocycles. The minimum absolute atomic E-state index is 0.0402. The van der Waals surface area contributed by atoms with Crippen LogP contribution in [0.1, 0.15) is 13.3 Å². The van der Waals surface area contributed by atoms with Gasteiger partial charge in [-0.1, -0.05) is 30.1 Å². The second-order valence-corrected chi connectivity index (χ2v) is 4.52. The van der Waals surface area contributed by atoms with E-state index >= 15 is 0 Å². The molecular formula is C7H9Cl2N3O2S. The maximum atomic E-state index is 10.7. The summed E-state index contributed by atoms with van der Waals surface area (Å²) in [5, 5.41) is 10.6. The zero-order valence-corrected chi connectivity index (χ0v) is 10.3. The zero-order valence-electron chi connectivity index (χ0n) is 7.94. The van der Waals surface area contributed by atoms with Crippen molar-refractivity contribution in [2.75, 3.05) is 12.4 Å². The molecule has 84 valence electrons. The molecule has 1 aliphatic rings. The lowest BCUT2D eigenvalue weighted by molar-refractivity contribution is -0.416. The smallest absolute Gasteiger partial charge is 0.279 e. The molecule has 0 aromatic heterocycles. The summed E-state index contributed by atoms with van der Waals surface area (Å²) in [6.07, 6.45) is 0.955. The third kappa shape index (κ3) is 2.99. The van der Waals surface area contributed by atoms with Crippen LogP contribution in [0.3, 0.4) is 0 Å². The molecule has 0 aromatic rings. The van der Waals surface area contributed by atoms with Crippen LogP contribution in [0.2, 0.25) is 0 Å². The van der Waals surface area contributed by atoms with Gasteiger partial charge in [0.25, 0.3) is 0 Å². The van der Waals surface area contributed by atoms with Gasteiger partial charge in [0, 0.05) is 5.75 Å². The van der Waals surface area contributed by atoms with Crippen LogP contribution in [0, 0.1) is 10.1 Å². The van der Waals surface area contributed by atoms with Crippen molar-refractivity contribution >= 4 is 40.3 Å². The van der Waals surface area contributed by atoms with Gasteiger partial charge in [-0.25, -0.2) is 4.99 Å². The fourth-order valence-corrected chi connectivity index (χ4v) is 2.28. The molecule has 0 amide bonds. The van der Waals surface area contributed by atoms with Crippen LogP contribution < -0.4 is 0 Å². The molecule has 0 bridgehead atoms. The number of halogens is 2. The highest BCUT2D eigenvalue weighted by Crippen LogP contribution is 2.29. The fourth-order valence-electron chi connectivity index (χ4n) is 0.916. The van der Waals surface area contributed by atoms with Crippen LogP contribution >= 0.6 is 35.1 Å². The first kappa shape index (κ1) is 12.6. The number of allylic oxidation sites excluding steroid dienone is 1. The molecule has 1 aliphatic heterocycles. The predicted molar refractivity (Wildman–Crippen MR) is 62.6 cm³/mol. The van der Waals surface area contributed by atoms with Crippen LogP contribution in [-0.4, -0.2) is 26.8 Å². The molecule has 0 aliphatic carbocycles. The van der Waals surface area contributed by atoms with Crippen molar-refractivity contribution in [2.45, 2.75) is 13.3 Å². The number of aliphatic imine (C=N–C) groups is 1. The summed E-state index contributed by atoms with van der Waals surface area (Å²) >= 11 is 12.9. The van der Waals surface area contributed by atoms with Gasteiger partial charge in [-0.05, 0) is 18.4 Å². The van der Waals surface area contributed by atoms with Gasteiger partial charge in [0.1, 0.15) is 6.67 Å². The number of rotatable bonds is 4. The van der Waals surface area contributed by atoms with E-state index in [2.05, 4.69) is 4.99 Å². The van der Waals surface area contributed by atoms with Crippen molar-refractivity contribution in [3.8, 4) is 0 Å². The SMILES string of the molecule is CCCSN1CN=C(Cl)C([N+](=O)[O-])=C1Cl. The van der Waals surface area contributed by atoms with Crippen molar-refractivity contribution in [1.29, 1.82) is 0 Å². The number of nitrogens with zero attached hydrogens (tertiary/aromatic N) is 3. The molecule has 0 aromatic carbocycles. The average Bonchev–Trinajstić information content (AvgIpc) is 2.16. The zero-order chi connectivity index (χ0) is 11.4. The van der Waals surface area contributed by atoms with E-state index in [1.807, 2.05) is 6.92 Å². The standard InChI is InChI=1S/C7H9Cl2N3O2S/c1-2-3-15-11-4-10-6(8)5(7(11)9)12(13)14/h2-4H2,1H3. The Hall–Kier alpha value is -0.460. The molecule has 15 heavy (non-hydrogen) atoms. The molecule has 0 spiro atoms. The summed E-state index contributed by atoms with van der Waals surface area (Å²) in [4.78, 5) is 13.9. The maximum Gasteiger partial charge on any atom is 0.341 e. The predicted octanol–water partition coefficient (Wildman–Crippen LogP) is 2.64. The minimum atomic E-state index is -0.618. The first-order valence-corrected chi connectivity index (χ1v) is 5.92. The van der Waals surface area contributed by atoms with Gasteiger partial charge in [-0.3, -0.25) is 14.4 Å². The summed E-state index contributed by atoms with van der Waals surface area (Å²) in [7, 11) is 0. The van der Waals surface area contributed by atoms with E-state index in [0.717, 1.165) is 12.2 Å². The summed E-state index contributed by atoms with van der Waals surface area (Å²) in [6, 6.07) is 0. The lowest BCUT2D eigenvalue weighted by Gasteiger charge is -2.22. The number of nitro groups is 1. The molecule has 0 unspecified atom stereocenters. The Morgan fingerprint density at radius 2 is 2.33 bits per heavy atom. The molecule has 1 heterocycles. The van der Waals surface area contributed by atoms with Crippen molar-refractivity contribution in [1.82, 2.24) is 4.31 Å². The first-order valence-electron chi connectivity index (χ1n) is 4.22. The van der Waals surface area contributed by atoms with Crippen LogP contribution in [0.5, 0.6) is 0 Å². The van der Waals surface area contributed by atoms with Crippen molar-refractivity contribution in [3.05, 3.63) is 21.0 Å². The highest BCUT2D eigenvalue weighted by molar-refractivity contribution is 7.97. The maximum absolute atomic E-state index is 10.7. The Morgan fingerprint density at radius 3 is 2.87 bits per heavy atom. The summed E-state index contributed by atoms with van der Waals surface area (Å²) in [6.45, 7) is 2.26. The lowest BCUT2D eigenvalue weighted by Crippen LogP contribution is -2.24. The van der Waals surface area contributed by atoms with Crippen LogP contribution in [-0.2, 0) is 0 Å². The molecule has 0 saturated heterocycles. The van der Waals surface area contributed by atoms with E-state index in [1.165, 1.54) is 11.9 Å². The van der Waals surface area contributed by atoms with Gasteiger partial charge in [0.2, 0.25) is 5.17 Å². The Bertz CT molecular complexity index is 332. The highest BCUT2D eigenvalue weighted by Gasteiger charge is 2.30. The molecule has 0 atom stereocenters. The van der Waals surface area contributed by atoms with Crippen LogP contribution in [0.15, 0.2) is 15.8 Å². The first-order chi connectivity index (χ1) is 7.07. The molecule has 0 radical (unpaired) electrons. The van der Waals surface area contributed by atoms with Gasteiger partial charge >= 0.3 is 5.70 Å². The second-order valence-electron chi connectivity index (χ2n) is 2.70. The van der Waals surface area contributed by atoms with E-state index < -0.39 is 4.92 Å². The number of hydrogen-bond acceptors (Lipinski definition) is 5. The monoisotopic (exact) mass is 269 g/mol. The van der Waals surface area contributed by atoms with Gasteiger partial charge in [-0.15, -0.1) is 0 Å².